The van der Waals surface area contributed by atoms with Crippen molar-refractivity contribution in [3.63, 3.8) is 0 Å². The lowest BCUT2D eigenvalue weighted by Crippen LogP contribution is -2.34. The van der Waals surface area contributed by atoms with E-state index in [9.17, 15) is 4.79 Å². The number of amides is 1. The molecule has 24 heavy (non-hydrogen) atoms. The molecule has 2 aromatic carbocycles. The maximum absolute atomic E-state index is 12.5. The Morgan fingerprint density at radius 1 is 1.17 bits per heavy atom. The van der Waals surface area contributed by atoms with Crippen LogP contribution in [-0.4, -0.2) is 18.1 Å². The third-order valence-electron chi connectivity index (χ3n) is 2.86. The smallest absolute Gasteiger partial charge is 0.261 e. The Kier molecular flexibility index (Phi) is 7.47. The Morgan fingerprint density at radius 3 is 2.50 bits per heavy atom. The van der Waals surface area contributed by atoms with E-state index in [0.717, 1.165) is 18.2 Å². The molecule has 2 N–H and O–H groups in total. The van der Waals surface area contributed by atoms with Gasteiger partial charge in [-0.1, -0.05) is 31.9 Å². The second kappa shape index (κ2) is 8.93. The molecule has 4 nitrogen and oxygen atoms in total. The molecule has 0 aliphatic carbocycles. The fourth-order valence-electron chi connectivity index (χ4n) is 1.85. The number of halogens is 4. The number of hydrogen-bond acceptors (Lipinski definition) is 3. The van der Waals surface area contributed by atoms with Crippen LogP contribution in [0.5, 0.6) is 5.75 Å². The number of carbonyl (C=O) groups excluding carboxylic acids is 1. The van der Waals surface area contributed by atoms with Crippen LogP contribution in [0, 0.1) is 3.57 Å². The van der Waals surface area contributed by atoms with Gasteiger partial charge < -0.3 is 10.1 Å². The fraction of sp³-hybridized carbons (Fsp3) is 0.0667. The average Bonchev–Trinajstić information content (AvgIpc) is 2.49. The molecule has 126 valence electrons. The highest BCUT2D eigenvalue weighted by molar-refractivity contribution is 14.1. The summed E-state index contributed by atoms with van der Waals surface area (Å²) in [6.45, 7) is 0. The molecule has 0 saturated heterocycles. The van der Waals surface area contributed by atoms with E-state index in [1.165, 1.54) is 7.11 Å². The lowest BCUT2D eigenvalue weighted by atomic mass is 10.2. The minimum atomic E-state index is -0.363. The monoisotopic (exact) mass is 646 g/mol. The summed E-state index contributed by atoms with van der Waals surface area (Å²) < 4.78 is 8.65. The van der Waals surface area contributed by atoms with Gasteiger partial charge in [0, 0.05) is 12.5 Å². The van der Waals surface area contributed by atoms with Crippen molar-refractivity contribution in [1.82, 2.24) is 5.32 Å². The first kappa shape index (κ1) is 20.1. The van der Waals surface area contributed by atoms with Crippen LogP contribution in [-0.2, 0) is 0 Å². The van der Waals surface area contributed by atoms with Crippen LogP contribution in [0.2, 0.25) is 0 Å². The van der Waals surface area contributed by atoms with E-state index in [4.69, 9.17) is 17.0 Å². The maximum atomic E-state index is 12.5. The third-order valence-corrected chi connectivity index (χ3v) is 5.50. The van der Waals surface area contributed by atoms with Gasteiger partial charge >= 0.3 is 0 Å². The van der Waals surface area contributed by atoms with Crippen molar-refractivity contribution in [2.24, 2.45) is 0 Å². The van der Waals surface area contributed by atoms with Gasteiger partial charge in [0.25, 0.3) is 5.91 Å². The molecule has 0 spiro atoms. The molecule has 0 fully saturated rings. The summed E-state index contributed by atoms with van der Waals surface area (Å²) in [5.41, 5.74) is 1.18. The van der Waals surface area contributed by atoms with Gasteiger partial charge in [-0.2, -0.15) is 0 Å². The summed E-state index contributed by atoms with van der Waals surface area (Å²) in [5.74, 6) is 0.0789. The van der Waals surface area contributed by atoms with Gasteiger partial charge in [0.15, 0.2) is 5.11 Å². The van der Waals surface area contributed by atoms with E-state index in [1.54, 1.807) is 12.1 Å². The summed E-state index contributed by atoms with van der Waals surface area (Å²) in [6, 6.07) is 9.19. The van der Waals surface area contributed by atoms with Crippen molar-refractivity contribution in [3.8, 4) is 5.75 Å². The van der Waals surface area contributed by atoms with E-state index in [-0.39, 0.29) is 11.0 Å². The fourth-order valence-corrected chi connectivity index (χ4v) is 4.88. The van der Waals surface area contributed by atoms with Crippen LogP contribution >= 0.6 is 82.6 Å². The number of anilines is 1. The molecular weight excluding hydrogens is 639 g/mol. The first-order chi connectivity index (χ1) is 11.3. The van der Waals surface area contributed by atoms with Crippen molar-refractivity contribution in [1.29, 1.82) is 0 Å². The van der Waals surface area contributed by atoms with Crippen LogP contribution in [0.1, 0.15) is 10.4 Å². The lowest BCUT2D eigenvalue weighted by Gasteiger charge is -2.14. The van der Waals surface area contributed by atoms with Gasteiger partial charge in [-0.05, 0) is 81.1 Å². The van der Waals surface area contributed by atoms with E-state index < -0.39 is 0 Å². The molecular formula is C15H10Br3IN2O2S. The molecule has 1 amide bonds. The van der Waals surface area contributed by atoms with Gasteiger partial charge in [0.1, 0.15) is 5.75 Å². The highest BCUT2D eigenvalue weighted by Gasteiger charge is 2.17. The van der Waals surface area contributed by atoms with Gasteiger partial charge in [-0.25, -0.2) is 0 Å². The largest absolute Gasteiger partial charge is 0.495 e. The molecule has 0 radical (unpaired) electrons. The molecule has 0 aromatic heterocycles. The second-order valence-corrected chi connectivity index (χ2v) is 8.76. The molecule has 0 aliphatic rings. The number of carbonyl (C=O) groups is 1. The number of benzene rings is 2. The zero-order valence-corrected chi connectivity index (χ0v) is 19.9. The first-order valence-electron chi connectivity index (χ1n) is 6.42. The van der Waals surface area contributed by atoms with Gasteiger partial charge in [0.2, 0.25) is 0 Å². The molecule has 2 rings (SSSR count). The molecule has 0 saturated carbocycles. The molecule has 0 bridgehead atoms. The molecule has 0 heterocycles. The second-order valence-electron chi connectivity index (χ2n) is 4.50. The van der Waals surface area contributed by atoms with Crippen LogP contribution in [0.25, 0.3) is 0 Å². The summed E-state index contributed by atoms with van der Waals surface area (Å²) in [4.78, 5) is 12.5. The van der Waals surface area contributed by atoms with Crippen LogP contribution in [0.4, 0.5) is 5.69 Å². The zero-order valence-electron chi connectivity index (χ0n) is 12.1. The summed E-state index contributed by atoms with van der Waals surface area (Å²) >= 11 is 17.6. The first-order valence-corrected chi connectivity index (χ1v) is 10.3. The van der Waals surface area contributed by atoms with Crippen molar-refractivity contribution in [3.05, 3.63) is 52.9 Å². The summed E-state index contributed by atoms with van der Waals surface area (Å²) in [6.07, 6.45) is 0. The number of nitrogens with one attached hydrogen (secondary N) is 2. The van der Waals surface area contributed by atoms with E-state index in [1.807, 2.05) is 18.2 Å². The summed E-state index contributed by atoms with van der Waals surface area (Å²) in [5, 5.41) is 5.88. The third kappa shape index (κ3) is 5.13. The highest BCUT2D eigenvalue weighted by Crippen LogP contribution is 2.32. The number of hydrogen-bond donors (Lipinski definition) is 2. The number of rotatable bonds is 3. The van der Waals surface area contributed by atoms with Crippen molar-refractivity contribution >= 4 is 99.3 Å². The Balaban J connectivity index is 2.16. The van der Waals surface area contributed by atoms with E-state index in [2.05, 4.69) is 81.0 Å². The predicted octanol–water partition coefficient (Wildman–Crippen LogP) is 5.71. The highest BCUT2D eigenvalue weighted by atomic mass is 127. The Hall–Kier alpha value is -0.230. The zero-order chi connectivity index (χ0) is 17.9. The normalized spacial score (nSPS) is 10.2. The number of ether oxygens (including phenoxy) is 1. The lowest BCUT2D eigenvalue weighted by molar-refractivity contribution is 0.0974. The van der Waals surface area contributed by atoms with Gasteiger partial charge in [-0.3, -0.25) is 10.1 Å². The van der Waals surface area contributed by atoms with E-state index >= 15 is 0 Å². The van der Waals surface area contributed by atoms with Crippen molar-refractivity contribution in [2.75, 3.05) is 12.4 Å². The maximum Gasteiger partial charge on any atom is 0.261 e. The van der Waals surface area contributed by atoms with Crippen LogP contribution in [0.15, 0.2) is 43.7 Å². The molecule has 9 heteroatoms. The van der Waals surface area contributed by atoms with Gasteiger partial charge in [0.05, 0.1) is 22.8 Å². The predicted molar refractivity (Wildman–Crippen MR) is 119 cm³/mol. The van der Waals surface area contributed by atoms with Crippen LogP contribution < -0.4 is 15.4 Å². The molecule has 0 unspecified atom stereocenters. The summed E-state index contributed by atoms with van der Waals surface area (Å²) in [7, 11) is 1.51. The molecule has 0 atom stereocenters. The minimum absolute atomic E-state index is 0.207. The van der Waals surface area contributed by atoms with Crippen LogP contribution in [0.3, 0.4) is 0 Å². The Morgan fingerprint density at radius 2 is 1.88 bits per heavy atom. The Bertz CT molecular complexity index is 818. The standard InChI is InChI=1S/C15H10Br3IN2O2S/c1-23-13-9(4-8(17)5-10(13)18)14(22)21-15(24)20-12-3-2-7(16)6-11(12)19/h2-6H,1H3,(H2,20,21,22,24). The van der Waals surface area contributed by atoms with E-state index in [0.29, 0.717) is 15.8 Å². The molecule has 2 aromatic rings. The quantitative estimate of drug-likeness (QED) is 0.331. The number of thiocarbonyl (C=S) groups is 1. The number of methoxy groups -OCH3 is 1. The van der Waals surface area contributed by atoms with Crippen molar-refractivity contribution < 1.29 is 9.53 Å². The topological polar surface area (TPSA) is 50.4 Å². The minimum Gasteiger partial charge on any atom is -0.495 e. The van der Waals surface area contributed by atoms with Crippen molar-refractivity contribution in [2.45, 2.75) is 0 Å². The average molecular weight is 649 g/mol. The van der Waals surface area contributed by atoms with Gasteiger partial charge in [-0.15, -0.1) is 0 Å². The Labute approximate surface area is 183 Å². The molecule has 0 aliphatic heterocycles. The SMILES string of the molecule is COc1c(Br)cc(Br)cc1C(=O)NC(=S)Nc1ccc(Br)cc1I.